The van der Waals surface area contributed by atoms with Crippen molar-refractivity contribution in [1.82, 2.24) is 9.97 Å². The summed E-state index contributed by atoms with van der Waals surface area (Å²) in [5.74, 6) is -3.82. The summed E-state index contributed by atoms with van der Waals surface area (Å²) in [6, 6.07) is 95.4. The first-order valence-corrected chi connectivity index (χ1v) is 38.2. The van der Waals surface area contributed by atoms with Crippen molar-refractivity contribution in [2.24, 2.45) is 0 Å². The van der Waals surface area contributed by atoms with Gasteiger partial charge >= 0.3 is 0 Å². The maximum atomic E-state index is 12.6. The van der Waals surface area contributed by atoms with Crippen LogP contribution in [0.4, 0.5) is 17.6 Å². The van der Waals surface area contributed by atoms with Gasteiger partial charge in [0.05, 0.1) is 0 Å². The Labute approximate surface area is 652 Å². The van der Waals surface area contributed by atoms with E-state index in [1.54, 1.807) is 13.0 Å². The number of nitrogens with zero attached hydrogens (tertiary/aromatic N) is 2. The van der Waals surface area contributed by atoms with Crippen molar-refractivity contribution >= 4 is 97.0 Å². The number of pyridine rings is 2. The Morgan fingerprint density at radius 3 is 1.19 bits per heavy atom. The molecule has 16 aromatic carbocycles. The third kappa shape index (κ3) is 17.1. The highest BCUT2D eigenvalue weighted by atomic mass is 19.2. The van der Waals surface area contributed by atoms with Crippen LogP contribution in [0.2, 0.25) is 0 Å². The van der Waals surface area contributed by atoms with E-state index >= 15 is 0 Å². The Morgan fingerprint density at radius 1 is 0.225 bits per heavy atom. The van der Waals surface area contributed by atoms with Crippen LogP contribution in [0.5, 0.6) is 0 Å². The molecule has 0 unspecified atom stereocenters. The Kier molecular flexibility index (Phi) is 23.8. The molecule has 2 aromatic heterocycles. The molecular formula is C105H98F4N2. The molecule has 2 nitrogen and oxygen atoms in total. The lowest BCUT2D eigenvalue weighted by Crippen LogP contribution is -2.15. The molecule has 6 heteroatoms. The number of aryl methyl sites for hydroxylation is 14. The second-order valence-corrected chi connectivity index (χ2v) is 30.5. The highest BCUT2D eigenvalue weighted by molar-refractivity contribution is 6.23. The Balaban J connectivity index is 0.000000119. The number of aromatic nitrogens is 2. The molecule has 1 aliphatic rings. The zero-order valence-corrected chi connectivity index (χ0v) is 67.3. The average Bonchev–Trinajstić information content (AvgIpc) is 0.873. The van der Waals surface area contributed by atoms with E-state index in [9.17, 15) is 17.6 Å². The molecule has 0 atom stereocenters. The van der Waals surface area contributed by atoms with Crippen LogP contribution < -0.4 is 0 Å². The van der Waals surface area contributed by atoms with Gasteiger partial charge in [0, 0.05) is 16.7 Å². The predicted molar refractivity (Wildman–Crippen MR) is 469 cm³/mol. The first-order chi connectivity index (χ1) is 53.1. The van der Waals surface area contributed by atoms with E-state index in [-0.39, 0.29) is 16.5 Å². The fourth-order valence-corrected chi connectivity index (χ4v) is 14.8. The second kappa shape index (κ2) is 33.6. The number of halogens is 4. The fourth-order valence-electron chi connectivity index (χ4n) is 14.8. The normalized spacial score (nSPS) is 11.6. The Bertz CT molecular complexity index is 6330. The van der Waals surface area contributed by atoms with E-state index in [1.807, 2.05) is 6.92 Å². The number of rotatable bonds is 0. The predicted octanol–water partition coefficient (Wildman–Crippen LogP) is 29.9. The maximum absolute atomic E-state index is 12.6. The molecule has 0 aliphatic heterocycles. The molecule has 556 valence electrons. The molecule has 0 N–H and O–H groups in total. The highest BCUT2D eigenvalue weighted by Gasteiger charge is 2.35. The zero-order valence-electron chi connectivity index (χ0n) is 67.3. The van der Waals surface area contributed by atoms with Gasteiger partial charge in [-0.15, -0.1) is 0 Å². The van der Waals surface area contributed by atoms with Gasteiger partial charge in [-0.05, 0) is 338 Å². The largest absolute Gasteiger partial charge is 0.251 e. The molecule has 0 saturated carbocycles. The lowest BCUT2D eigenvalue weighted by atomic mass is 9.82. The molecule has 0 spiro atoms. The zero-order chi connectivity index (χ0) is 79.3. The van der Waals surface area contributed by atoms with Gasteiger partial charge in [-0.1, -0.05) is 250 Å². The van der Waals surface area contributed by atoms with Crippen molar-refractivity contribution in [3.63, 3.8) is 0 Å². The van der Waals surface area contributed by atoms with Gasteiger partial charge in [-0.2, -0.15) is 18.2 Å². The molecule has 0 amide bonds. The van der Waals surface area contributed by atoms with Crippen LogP contribution >= 0.6 is 0 Å². The fraction of sp³-hybridized carbons (Fsp3) is 0.181. The van der Waals surface area contributed by atoms with Crippen molar-refractivity contribution in [3.05, 3.63) is 391 Å². The quantitative estimate of drug-likeness (QED) is 0.0654. The molecule has 18 aromatic rings. The van der Waals surface area contributed by atoms with Gasteiger partial charge in [0.2, 0.25) is 11.9 Å². The van der Waals surface area contributed by atoms with E-state index in [2.05, 4.69) is 362 Å². The smallest absolute Gasteiger partial charge is 0.225 e. The molecule has 2 heterocycles. The number of hydrogen-bond acceptors (Lipinski definition) is 2. The summed E-state index contributed by atoms with van der Waals surface area (Å²) in [4.78, 5) is 6.33. The van der Waals surface area contributed by atoms with E-state index in [0.717, 1.165) is 11.3 Å². The lowest BCUT2D eigenvalue weighted by molar-refractivity contribution is 0.438. The minimum Gasteiger partial charge on any atom is -0.225 e. The van der Waals surface area contributed by atoms with E-state index < -0.39 is 23.7 Å². The number of hydrogen-bond donors (Lipinski definition) is 0. The van der Waals surface area contributed by atoms with Crippen LogP contribution in [0.25, 0.3) is 108 Å². The van der Waals surface area contributed by atoms with E-state index in [4.69, 9.17) is 0 Å². The summed E-state index contributed by atoms with van der Waals surface area (Å²) in [6.07, 6.45) is 0. The first-order valence-electron chi connectivity index (χ1n) is 38.2. The SMILES string of the molecule is Cc1c(F)nc(F)c(F)c1C.Cc1cc2c(cc1C)C(C)(C)c1ccccc1-2.Cc1cc2cc3ccccc3cc2cc1C.Cc1cc2ccc3cccc4ccc(c1C)c2c34.Cc1cc2ccccc2cc1C.Cc1ccc(F)nc1C.Cc1ccc2cc3ccccc3cc2c1C.Cc1ccc2ccccc2c1C. The molecule has 0 saturated heterocycles. The van der Waals surface area contributed by atoms with Gasteiger partial charge in [0.25, 0.3) is 5.95 Å². The Hall–Kier alpha value is -11.9. The van der Waals surface area contributed by atoms with Crippen LogP contribution in [0.3, 0.4) is 0 Å². The monoisotopic (exact) mass is 1460 g/mol. The summed E-state index contributed by atoms with van der Waals surface area (Å²) < 4.78 is 49.6. The van der Waals surface area contributed by atoms with Gasteiger partial charge in [0.1, 0.15) is 0 Å². The summed E-state index contributed by atoms with van der Waals surface area (Å²) in [6.45, 7) is 37.2. The minimum absolute atomic E-state index is 0.0324. The van der Waals surface area contributed by atoms with Crippen molar-refractivity contribution < 1.29 is 17.6 Å². The number of benzene rings is 16. The van der Waals surface area contributed by atoms with Gasteiger partial charge in [0.15, 0.2) is 5.82 Å². The first kappa shape index (κ1) is 78.7. The average molecular weight is 1460 g/mol. The van der Waals surface area contributed by atoms with Crippen LogP contribution in [0, 0.1) is 134 Å². The third-order valence-electron chi connectivity index (χ3n) is 22.8. The molecule has 0 fully saturated rings. The molecular weight excluding hydrogens is 1370 g/mol. The second-order valence-electron chi connectivity index (χ2n) is 30.5. The maximum Gasteiger partial charge on any atom is 0.251 e. The topological polar surface area (TPSA) is 25.8 Å². The Morgan fingerprint density at radius 2 is 0.631 bits per heavy atom. The summed E-state index contributed by atoms with van der Waals surface area (Å²) in [5, 5.41) is 24.3. The van der Waals surface area contributed by atoms with Crippen molar-refractivity contribution in [1.29, 1.82) is 0 Å². The van der Waals surface area contributed by atoms with Crippen LogP contribution in [0.15, 0.2) is 267 Å². The van der Waals surface area contributed by atoms with Gasteiger partial charge in [-0.25, -0.2) is 9.37 Å². The van der Waals surface area contributed by atoms with Crippen LogP contribution in [-0.2, 0) is 5.41 Å². The molecule has 0 bridgehead atoms. The minimum atomic E-state index is -1.38. The van der Waals surface area contributed by atoms with Gasteiger partial charge in [-0.3, -0.25) is 0 Å². The van der Waals surface area contributed by atoms with Crippen LogP contribution in [0.1, 0.15) is 114 Å². The van der Waals surface area contributed by atoms with E-state index in [0.29, 0.717) is 0 Å². The van der Waals surface area contributed by atoms with Crippen molar-refractivity contribution in [3.8, 4) is 11.1 Å². The number of fused-ring (bicyclic) bond motifs is 9. The molecule has 19 rings (SSSR count). The van der Waals surface area contributed by atoms with E-state index in [1.165, 1.54) is 206 Å². The highest BCUT2D eigenvalue weighted by Crippen LogP contribution is 2.49. The molecule has 0 radical (unpaired) electrons. The molecule has 111 heavy (non-hydrogen) atoms. The molecule has 1 aliphatic carbocycles. The standard InChI is InChI=1S/C18H14.C17H18.2C16H14.2C12H12.C7H6F3N.C7H8FN/c1-11-10-15-7-6-13-4-3-5-14-8-9-16(12(11)2)18(15)17(13)14;1-11-9-14-13-7-5-6-8-15(13)17(3,4)16(14)10-12(11)2;1-11-7-15-9-13-5-3-4-6-14(13)10-16(15)8-12(11)2;1-11-7-8-15-9-13-5-3-4-6-14(13)10-16(15)12(11)2;1-9-7-11-5-3-4-6-12(11)8-10(9)2;1-9-7-8-11-5-3-4-6-12(11)10(9)2;1-3-4(2)6(9)11-7(10)5(3)8;1-5-3-4-7(8)9-6(5)2/h3-10H,1-2H3;5-10H,1-4H3;2*3-10H,1-2H3;2*3-8H,1-2H3;1-2H3;3-4H,1-2H3. The summed E-state index contributed by atoms with van der Waals surface area (Å²) in [7, 11) is 0. The third-order valence-corrected chi connectivity index (χ3v) is 22.8. The van der Waals surface area contributed by atoms with Crippen LogP contribution in [-0.4, -0.2) is 9.97 Å². The van der Waals surface area contributed by atoms with Crippen molar-refractivity contribution in [2.45, 2.75) is 130 Å². The van der Waals surface area contributed by atoms with Gasteiger partial charge < -0.3 is 0 Å². The summed E-state index contributed by atoms with van der Waals surface area (Å²) in [5.41, 5.74) is 24.3. The summed E-state index contributed by atoms with van der Waals surface area (Å²) >= 11 is 0. The lowest BCUT2D eigenvalue weighted by Gasteiger charge is -2.22. The van der Waals surface area contributed by atoms with Crippen molar-refractivity contribution in [2.75, 3.05) is 0 Å².